The zero-order chi connectivity index (χ0) is 11.3. The predicted octanol–water partition coefficient (Wildman–Crippen LogP) is 2.63. The predicted molar refractivity (Wildman–Crippen MR) is 65.8 cm³/mol. The molecule has 1 aliphatic carbocycles. The molecule has 2 aromatic rings. The fourth-order valence-corrected chi connectivity index (χ4v) is 2.94. The van der Waals surface area contributed by atoms with Gasteiger partial charge in [-0.1, -0.05) is 6.07 Å². The number of aryl methyl sites for hydroxylation is 3. The Morgan fingerprint density at radius 1 is 1.31 bits per heavy atom. The molecule has 0 amide bonds. The summed E-state index contributed by atoms with van der Waals surface area (Å²) in [6, 6.07) is 4.42. The maximum Gasteiger partial charge on any atom is 0.0585 e. The first-order valence-corrected chi connectivity index (χ1v) is 5.94. The van der Waals surface area contributed by atoms with Crippen molar-refractivity contribution in [3.63, 3.8) is 0 Å². The van der Waals surface area contributed by atoms with Crippen LogP contribution in [0.15, 0.2) is 12.1 Å². The summed E-state index contributed by atoms with van der Waals surface area (Å²) in [5, 5.41) is 11.1. The van der Waals surface area contributed by atoms with E-state index in [9.17, 15) is 5.11 Å². The van der Waals surface area contributed by atoms with E-state index in [-0.39, 0.29) is 6.10 Å². The average molecular weight is 215 g/mol. The molecule has 2 heteroatoms. The van der Waals surface area contributed by atoms with Gasteiger partial charge in [0.05, 0.1) is 6.10 Å². The van der Waals surface area contributed by atoms with Gasteiger partial charge in [0.25, 0.3) is 0 Å². The quantitative estimate of drug-likeness (QED) is 0.696. The Morgan fingerprint density at radius 2 is 2.12 bits per heavy atom. The Balaban J connectivity index is 2.30. The van der Waals surface area contributed by atoms with Crippen molar-refractivity contribution in [2.24, 2.45) is 0 Å². The molecule has 0 spiro atoms. The lowest BCUT2D eigenvalue weighted by molar-refractivity contribution is 0.158. The number of H-pyrrole nitrogens is 1. The average Bonchev–Trinajstić information content (AvgIpc) is 2.54. The molecular formula is C14H17NO. The standard InChI is InChI=1S/C14H17NO/c1-8-5-9(2)14-11-7-10(16)3-4-12(11)15-13(14)6-8/h5-6,10,15-16H,3-4,7H2,1-2H3. The van der Waals surface area contributed by atoms with Gasteiger partial charge in [0, 0.05) is 23.0 Å². The van der Waals surface area contributed by atoms with Crippen molar-refractivity contribution in [2.45, 2.75) is 39.2 Å². The summed E-state index contributed by atoms with van der Waals surface area (Å²) in [5.74, 6) is 0. The summed E-state index contributed by atoms with van der Waals surface area (Å²) in [5.41, 5.74) is 6.52. The number of hydrogen-bond acceptors (Lipinski definition) is 1. The van der Waals surface area contributed by atoms with Crippen molar-refractivity contribution in [1.29, 1.82) is 0 Å². The summed E-state index contributed by atoms with van der Waals surface area (Å²) in [6.07, 6.45) is 2.51. The Morgan fingerprint density at radius 3 is 2.94 bits per heavy atom. The number of nitrogens with one attached hydrogen (secondary N) is 1. The highest BCUT2D eigenvalue weighted by Crippen LogP contribution is 2.31. The van der Waals surface area contributed by atoms with Gasteiger partial charge in [-0.15, -0.1) is 0 Å². The number of fused-ring (bicyclic) bond motifs is 3. The molecular weight excluding hydrogens is 198 g/mol. The number of aromatic amines is 1. The first kappa shape index (κ1) is 9.91. The summed E-state index contributed by atoms with van der Waals surface area (Å²) in [7, 11) is 0. The van der Waals surface area contributed by atoms with Crippen molar-refractivity contribution in [1.82, 2.24) is 4.98 Å². The molecule has 0 fully saturated rings. The van der Waals surface area contributed by atoms with Gasteiger partial charge in [0.2, 0.25) is 0 Å². The highest BCUT2D eigenvalue weighted by atomic mass is 16.3. The van der Waals surface area contributed by atoms with Crippen LogP contribution in [0.25, 0.3) is 10.9 Å². The topological polar surface area (TPSA) is 36.0 Å². The Labute approximate surface area is 95.3 Å². The zero-order valence-corrected chi connectivity index (χ0v) is 9.80. The van der Waals surface area contributed by atoms with Gasteiger partial charge in [-0.2, -0.15) is 0 Å². The van der Waals surface area contributed by atoms with Crippen molar-refractivity contribution >= 4 is 10.9 Å². The van der Waals surface area contributed by atoms with Crippen LogP contribution in [0, 0.1) is 13.8 Å². The minimum Gasteiger partial charge on any atom is -0.393 e. The first-order valence-electron chi connectivity index (χ1n) is 5.94. The lowest BCUT2D eigenvalue weighted by atomic mass is 9.92. The molecule has 1 aliphatic rings. The highest BCUT2D eigenvalue weighted by molar-refractivity contribution is 5.88. The fraction of sp³-hybridized carbons (Fsp3) is 0.429. The van der Waals surface area contributed by atoms with E-state index in [0.717, 1.165) is 19.3 Å². The van der Waals surface area contributed by atoms with E-state index in [0.29, 0.717) is 0 Å². The van der Waals surface area contributed by atoms with Gasteiger partial charge in [0.1, 0.15) is 0 Å². The summed E-state index contributed by atoms with van der Waals surface area (Å²) in [6.45, 7) is 4.28. The van der Waals surface area contributed by atoms with Gasteiger partial charge >= 0.3 is 0 Å². The summed E-state index contributed by atoms with van der Waals surface area (Å²) >= 11 is 0. The van der Waals surface area contributed by atoms with Crippen LogP contribution >= 0.6 is 0 Å². The van der Waals surface area contributed by atoms with E-state index >= 15 is 0 Å². The number of aliphatic hydroxyl groups is 1. The molecule has 84 valence electrons. The molecule has 0 radical (unpaired) electrons. The molecule has 3 rings (SSSR count). The molecule has 1 heterocycles. The number of aliphatic hydroxyl groups excluding tert-OH is 1. The molecule has 2 N–H and O–H groups in total. The molecule has 0 saturated carbocycles. The van der Waals surface area contributed by atoms with Crippen LogP contribution in [-0.4, -0.2) is 16.2 Å². The second-order valence-electron chi connectivity index (χ2n) is 4.98. The maximum absolute atomic E-state index is 9.77. The number of rotatable bonds is 0. The fourth-order valence-electron chi connectivity index (χ4n) is 2.94. The Hall–Kier alpha value is -1.28. The van der Waals surface area contributed by atoms with E-state index in [2.05, 4.69) is 31.0 Å². The number of benzene rings is 1. The van der Waals surface area contributed by atoms with Gasteiger partial charge in [0.15, 0.2) is 0 Å². The van der Waals surface area contributed by atoms with Crippen LogP contribution < -0.4 is 0 Å². The monoisotopic (exact) mass is 215 g/mol. The van der Waals surface area contributed by atoms with Crippen molar-refractivity contribution in [2.75, 3.05) is 0 Å². The van der Waals surface area contributed by atoms with Crippen molar-refractivity contribution in [3.8, 4) is 0 Å². The molecule has 1 aromatic heterocycles. The third-order valence-electron chi connectivity index (χ3n) is 3.60. The molecule has 1 aromatic carbocycles. The molecule has 0 bridgehead atoms. The Kier molecular flexibility index (Phi) is 2.08. The third kappa shape index (κ3) is 1.37. The van der Waals surface area contributed by atoms with E-state index in [4.69, 9.17) is 0 Å². The van der Waals surface area contributed by atoms with E-state index in [1.165, 1.54) is 33.3 Å². The van der Waals surface area contributed by atoms with E-state index in [1.807, 2.05) is 0 Å². The second kappa shape index (κ2) is 3.36. The van der Waals surface area contributed by atoms with Gasteiger partial charge in [-0.05, 0) is 49.4 Å². The van der Waals surface area contributed by atoms with Crippen LogP contribution in [0.5, 0.6) is 0 Å². The lowest BCUT2D eigenvalue weighted by Crippen LogP contribution is -2.17. The maximum atomic E-state index is 9.77. The summed E-state index contributed by atoms with van der Waals surface area (Å²) in [4.78, 5) is 3.51. The molecule has 1 atom stereocenters. The van der Waals surface area contributed by atoms with Gasteiger partial charge in [-0.25, -0.2) is 0 Å². The molecule has 0 aliphatic heterocycles. The van der Waals surface area contributed by atoms with E-state index < -0.39 is 0 Å². The first-order chi connectivity index (χ1) is 7.65. The third-order valence-corrected chi connectivity index (χ3v) is 3.60. The van der Waals surface area contributed by atoms with Crippen LogP contribution in [0.3, 0.4) is 0 Å². The number of aromatic nitrogens is 1. The minimum absolute atomic E-state index is 0.160. The van der Waals surface area contributed by atoms with Crippen LogP contribution in [0.1, 0.15) is 28.8 Å². The smallest absolute Gasteiger partial charge is 0.0585 e. The molecule has 2 nitrogen and oxygen atoms in total. The molecule has 1 unspecified atom stereocenters. The SMILES string of the molecule is Cc1cc(C)c2c3c([nH]c2c1)CCC(O)C3. The number of hydrogen-bond donors (Lipinski definition) is 2. The highest BCUT2D eigenvalue weighted by Gasteiger charge is 2.21. The second-order valence-corrected chi connectivity index (χ2v) is 4.98. The van der Waals surface area contributed by atoms with Gasteiger partial charge < -0.3 is 10.1 Å². The van der Waals surface area contributed by atoms with E-state index in [1.54, 1.807) is 0 Å². The van der Waals surface area contributed by atoms with Crippen LogP contribution in [-0.2, 0) is 12.8 Å². The normalized spacial score (nSPS) is 20.1. The van der Waals surface area contributed by atoms with Crippen LogP contribution in [0.4, 0.5) is 0 Å². The largest absolute Gasteiger partial charge is 0.393 e. The summed E-state index contributed by atoms with van der Waals surface area (Å²) < 4.78 is 0. The molecule has 16 heavy (non-hydrogen) atoms. The van der Waals surface area contributed by atoms with Crippen LogP contribution in [0.2, 0.25) is 0 Å². The minimum atomic E-state index is -0.160. The van der Waals surface area contributed by atoms with Gasteiger partial charge in [-0.3, -0.25) is 0 Å². The lowest BCUT2D eigenvalue weighted by Gasteiger charge is -2.17. The van der Waals surface area contributed by atoms with Crippen molar-refractivity contribution < 1.29 is 5.11 Å². The molecule has 0 saturated heterocycles. The zero-order valence-electron chi connectivity index (χ0n) is 9.80. The van der Waals surface area contributed by atoms with Crippen molar-refractivity contribution in [3.05, 3.63) is 34.5 Å². The Bertz CT molecular complexity index is 553.